The van der Waals surface area contributed by atoms with Gasteiger partial charge in [0, 0.05) is 16.1 Å². The van der Waals surface area contributed by atoms with Gasteiger partial charge in [0.25, 0.3) is 0 Å². The van der Waals surface area contributed by atoms with Gasteiger partial charge < -0.3 is 9.84 Å². The SMILES string of the molecule is Cc1ccc([C@H](C)O)c(OCc2cc(F)ccc2Cl)c1. The van der Waals surface area contributed by atoms with Crippen LogP contribution >= 0.6 is 11.6 Å². The molecule has 2 nitrogen and oxygen atoms in total. The summed E-state index contributed by atoms with van der Waals surface area (Å²) >= 11 is 6.00. The maximum atomic E-state index is 13.2. The van der Waals surface area contributed by atoms with Crippen LogP contribution in [0, 0.1) is 12.7 Å². The molecule has 2 rings (SSSR count). The minimum atomic E-state index is -0.631. The standard InChI is InChI=1S/C16H16ClFO2/c1-10-3-5-14(11(2)19)16(7-10)20-9-12-8-13(18)4-6-15(12)17/h3-8,11,19H,9H2,1-2H3/t11-/m0/s1. The summed E-state index contributed by atoms with van der Waals surface area (Å²) in [6.45, 7) is 3.76. The van der Waals surface area contributed by atoms with E-state index < -0.39 is 6.10 Å². The third kappa shape index (κ3) is 3.50. The zero-order valence-electron chi connectivity index (χ0n) is 11.4. The van der Waals surface area contributed by atoms with Crippen molar-refractivity contribution in [2.24, 2.45) is 0 Å². The second kappa shape index (κ2) is 6.25. The fourth-order valence-electron chi connectivity index (χ4n) is 1.92. The van der Waals surface area contributed by atoms with Crippen molar-refractivity contribution in [1.82, 2.24) is 0 Å². The predicted octanol–water partition coefficient (Wildman–Crippen LogP) is 4.42. The molecule has 1 atom stereocenters. The molecule has 0 amide bonds. The molecule has 0 aliphatic rings. The number of aliphatic hydroxyl groups is 1. The molecule has 2 aromatic rings. The highest BCUT2D eigenvalue weighted by Crippen LogP contribution is 2.28. The largest absolute Gasteiger partial charge is 0.488 e. The first-order valence-corrected chi connectivity index (χ1v) is 6.70. The summed E-state index contributed by atoms with van der Waals surface area (Å²) in [5.41, 5.74) is 2.29. The Morgan fingerprint density at radius 1 is 1.25 bits per heavy atom. The Labute approximate surface area is 122 Å². The average Bonchev–Trinajstić information content (AvgIpc) is 2.39. The number of hydrogen-bond acceptors (Lipinski definition) is 2. The number of aryl methyl sites for hydroxylation is 1. The van der Waals surface area contributed by atoms with E-state index in [0.29, 0.717) is 21.9 Å². The highest BCUT2D eigenvalue weighted by Gasteiger charge is 2.10. The van der Waals surface area contributed by atoms with Crippen LogP contribution in [0.2, 0.25) is 5.02 Å². The van der Waals surface area contributed by atoms with Crippen LogP contribution in [0.3, 0.4) is 0 Å². The van der Waals surface area contributed by atoms with Gasteiger partial charge in [-0.2, -0.15) is 0 Å². The van der Waals surface area contributed by atoms with Crippen molar-refractivity contribution >= 4 is 11.6 Å². The van der Waals surface area contributed by atoms with Gasteiger partial charge in [-0.05, 0) is 43.7 Å². The van der Waals surface area contributed by atoms with Gasteiger partial charge in [0.05, 0.1) is 6.10 Å². The monoisotopic (exact) mass is 294 g/mol. The van der Waals surface area contributed by atoms with Crippen molar-refractivity contribution in [3.05, 3.63) is 63.9 Å². The summed E-state index contributed by atoms with van der Waals surface area (Å²) in [5.74, 6) is 0.230. The van der Waals surface area contributed by atoms with Crippen molar-refractivity contribution in [3.8, 4) is 5.75 Å². The van der Waals surface area contributed by atoms with E-state index in [9.17, 15) is 9.50 Å². The Morgan fingerprint density at radius 3 is 2.70 bits per heavy atom. The van der Waals surface area contributed by atoms with Gasteiger partial charge in [-0.3, -0.25) is 0 Å². The van der Waals surface area contributed by atoms with Gasteiger partial charge in [0.2, 0.25) is 0 Å². The Balaban J connectivity index is 2.22. The molecule has 0 saturated carbocycles. The van der Waals surface area contributed by atoms with E-state index in [-0.39, 0.29) is 12.4 Å². The highest BCUT2D eigenvalue weighted by atomic mass is 35.5. The zero-order valence-corrected chi connectivity index (χ0v) is 12.1. The highest BCUT2D eigenvalue weighted by molar-refractivity contribution is 6.31. The van der Waals surface area contributed by atoms with Gasteiger partial charge >= 0.3 is 0 Å². The quantitative estimate of drug-likeness (QED) is 0.904. The van der Waals surface area contributed by atoms with E-state index in [1.807, 2.05) is 25.1 Å². The maximum absolute atomic E-state index is 13.2. The van der Waals surface area contributed by atoms with E-state index in [1.165, 1.54) is 18.2 Å². The predicted molar refractivity (Wildman–Crippen MR) is 77.6 cm³/mol. The smallest absolute Gasteiger partial charge is 0.125 e. The minimum Gasteiger partial charge on any atom is -0.488 e. The molecular formula is C16H16ClFO2. The lowest BCUT2D eigenvalue weighted by Crippen LogP contribution is -2.02. The van der Waals surface area contributed by atoms with Crippen LogP contribution in [0.1, 0.15) is 29.7 Å². The summed E-state index contributed by atoms with van der Waals surface area (Å²) in [7, 11) is 0. The van der Waals surface area contributed by atoms with E-state index >= 15 is 0 Å². The maximum Gasteiger partial charge on any atom is 0.125 e. The number of rotatable bonds is 4. The Kier molecular flexibility index (Phi) is 4.63. The molecule has 0 saturated heterocycles. The molecule has 106 valence electrons. The lowest BCUT2D eigenvalue weighted by molar-refractivity contribution is 0.190. The molecule has 0 bridgehead atoms. The van der Waals surface area contributed by atoms with Gasteiger partial charge in [-0.1, -0.05) is 23.7 Å². The number of hydrogen-bond donors (Lipinski definition) is 1. The fourth-order valence-corrected chi connectivity index (χ4v) is 2.09. The molecule has 0 aliphatic heterocycles. The second-order valence-electron chi connectivity index (χ2n) is 4.74. The third-order valence-corrected chi connectivity index (χ3v) is 3.38. The van der Waals surface area contributed by atoms with E-state index in [1.54, 1.807) is 6.92 Å². The molecule has 4 heteroatoms. The molecule has 2 aromatic carbocycles. The molecule has 0 fully saturated rings. The summed E-state index contributed by atoms with van der Waals surface area (Å²) in [4.78, 5) is 0. The lowest BCUT2D eigenvalue weighted by Gasteiger charge is -2.15. The van der Waals surface area contributed by atoms with Crippen LogP contribution in [-0.2, 0) is 6.61 Å². The van der Waals surface area contributed by atoms with Gasteiger partial charge in [0.1, 0.15) is 18.2 Å². The molecule has 0 radical (unpaired) electrons. The van der Waals surface area contributed by atoms with Gasteiger partial charge in [-0.15, -0.1) is 0 Å². The minimum absolute atomic E-state index is 0.153. The Morgan fingerprint density at radius 2 is 2.00 bits per heavy atom. The van der Waals surface area contributed by atoms with Crippen LogP contribution < -0.4 is 4.74 Å². The molecule has 0 aliphatic carbocycles. The molecule has 0 spiro atoms. The molecule has 0 unspecified atom stereocenters. The average molecular weight is 295 g/mol. The van der Waals surface area contributed by atoms with Crippen LogP contribution in [0.5, 0.6) is 5.75 Å². The number of halogens is 2. The second-order valence-corrected chi connectivity index (χ2v) is 5.15. The fraction of sp³-hybridized carbons (Fsp3) is 0.250. The number of benzene rings is 2. The molecule has 1 N–H and O–H groups in total. The van der Waals surface area contributed by atoms with E-state index in [2.05, 4.69) is 0 Å². The summed E-state index contributed by atoms with van der Waals surface area (Å²) in [6.07, 6.45) is -0.631. The lowest BCUT2D eigenvalue weighted by atomic mass is 10.1. The van der Waals surface area contributed by atoms with Crippen molar-refractivity contribution in [2.75, 3.05) is 0 Å². The van der Waals surface area contributed by atoms with Crippen LogP contribution in [0.25, 0.3) is 0 Å². The zero-order chi connectivity index (χ0) is 14.7. The third-order valence-electron chi connectivity index (χ3n) is 3.01. The number of aliphatic hydroxyl groups excluding tert-OH is 1. The van der Waals surface area contributed by atoms with Crippen LogP contribution in [-0.4, -0.2) is 5.11 Å². The molecular weight excluding hydrogens is 279 g/mol. The first kappa shape index (κ1) is 14.8. The van der Waals surface area contributed by atoms with Crippen molar-refractivity contribution in [1.29, 1.82) is 0 Å². The van der Waals surface area contributed by atoms with E-state index in [4.69, 9.17) is 16.3 Å². The number of ether oxygens (including phenoxy) is 1. The molecule has 20 heavy (non-hydrogen) atoms. The summed E-state index contributed by atoms with van der Waals surface area (Å²) in [6, 6.07) is 9.73. The van der Waals surface area contributed by atoms with Crippen LogP contribution in [0.15, 0.2) is 36.4 Å². The van der Waals surface area contributed by atoms with Crippen LogP contribution in [0.4, 0.5) is 4.39 Å². The van der Waals surface area contributed by atoms with Gasteiger partial charge in [0.15, 0.2) is 0 Å². The normalized spacial score (nSPS) is 12.2. The van der Waals surface area contributed by atoms with Gasteiger partial charge in [-0.25, -0.2) is 4.39 Å². The van der Waals surface area contributed by atoms with Crippen molar-refractivity contribution < 1.29 is 14.2 Å². The Hall–Kier alpha value is -1.58. The van der Waals surface area contributed by atoms with E-state index in [0.717, 1.165) is 5.56 Å². The first-order valence-electron chi connectivity index (χ1n) is 6.32. The van der Waals surface area contributed by atoms with Crippen molar-refractivity contribution in [3.63, 3.8) is 0 Å². The topological polar surface area (TPSA) is 29.5 Å². The Bertz CT molecular complexity index is 611. The van der Waals surface area contributed by atoms with Crippen molar-refractivity contribution in [2.45, 2.75) is 26.6 Å². The summed E-state index contributed by atoms with van der Waals surface area (Å²) < 4.78 is 18.9. The summed E-state index contributed by atoms with van der Waals surface area (Å²) in [5, 5.41) is 10.2. The molecule has 0 heterocycles. The molecule has 0 aromatic heterocycles. The first-order chi connectivity index (χ1) is 9.47.